The first-order valence-corrected chi connectivity index (χ1v) is 18.4. The lowest BCUT2D eigenvalue weighted by Gasteiger charge is -2.21. The predicted molar refractivity (Wildman–Crippen MR) is 220 cm³/mol. The Bertz CT molecular complexity index is 3180. The molecule has 0 amide bonds. The minimum absolute atomic E-state index is 0.146. The van der Waals surface area contributed by atoms with Gasteiger partial charge in [0.2, 0.25) is 0 Å². The van der Waals surface area contributed by atoms with E-state index in [1.807, 2.05) is 91.0 Å². The van der Waals surface area contributed by atoms with Gasteiger partial charge in [0.1, 0.15) is 5.58 Å². The second-order valence-electron chi connectivity index (χ2n) is 14.7. The lowest BCUT2D eigenvalue weighted by atomic mass is 9.82. The fourth-order valence-electron chi connectivity index (χ4n) is 8.80. The van der Waals surface area contributed by atoms with Gasteiger partial charge in [0.25, 0.3) is 0 Å². The second-order valence-corrected chi connectivity index (χ2v) is 14.7. The number of benzene rings is 7. The van der Waals surface area contributed by atoms with Crippen molar-refractivity contribution < 1.29 is 4.42 Å². The minimum atomic E-state index is -0.146. The number of hydrogen-bond acceptors (Lipinski definition) is 5. The molecule has 3 aromatic heterocycles. The smallest absolute Gasteiger partial charge is 0.166 e. The number of aromatic nitrogens is 4. The fraction of sp³-hybridized carbons (Fsp3) is 0.0612. The van der Waals surface area contributed by atoms with Crippen molar-refractivity contribution in [3.05, 3.63) is 168 Å². The highest BCUT2D eigenvalue weighted by Gasteiger charge is 2.37. The monoisotopic (exact) mass is 705 g/mol. The molecule has 6 nitrogen and oxygen atoms in total. The molecule has 0 atom stereocenters. The van der Waals surface area contributed by atoms with Gasteiger partial charge in [0.15, 0.2) is 23.1 Å². The van der Waals surface area contributed by atoms with Crippen LogP contribution in [0.4, 0.5) is 0 Å². The number of rotatable bonds is 4. The molecule has 0 spiro atoms. The Labute approximate surface area is 316 Å². The molecule has 0 saturated heterocycles. The molecule has 258 valence electrons. The molecule has 0 fully saturated rings. The Morgan fingerprint density at radius 3 is 1.91 bits per heavy atom. The van der Waals surface area contributed by atoms with E-state index in [2.05, 4.69) is 85.1 Å². The Balaban J connectivity index is 1.26. The van der Waals surface area contributed by atoms with Crippen LogP contribution in [-0.2, 0) is 5.41 Å². The van der Waals surface area contributed by atoms with E-state index in [0.717, 1.165) is 44.0 Å². The molecule has 0 saturated carbocycles. The third-order valence-corrected chi connectivity index (χ3v) is 11.3. The van der Waals surface area contributed by atoms with E-state index in [1.165, 1.54) is 27.6 Å². The maximum Gasteiger partial charge on any atom is 0.166 e. The summed E-state index contributed by atoms with van der Waals surface area (Å²) < 4.78 is 9.15. The van der Waals surface area contributed by atoms with Crippen molar-refractivity contribution in [2.45, 2.75) is 19.3 Å². The van der Waals surface area contributed by atoms with Crippen LogP contribution in [0.5, 0.6) is 0 Å². The summed E-state index contributed by atoms with van der Waals surface area (Å²) in [4.78, 5) is 15.1. The summed E-state index contributed by atoms with van der Waals surface area (Å²) in [6, 6.07) is 54.1. The zero-order chi connectivity index (χ0) is 36.8. The Hall–Kier alpha value is -7.36. The molecule has 0 aliphatic heterocycles. The van der Waals surface area contributed by atoms with Gasteiger partial charge in [0.05, 0.1) is 28.4 Å². The van der Waals surface area contributed by atoms with E-state index >= 15 is 0 Å². The number of fused-ring (bicyclic) bond motifs is 10. The predicted octanol–water partition coefficient (Wildman–Crippen LogP) is 12.0. The van der Waals surface area contributed by atoms with Crippen LogP contribution in [0.3, 0.4) is 0 Å². The van der Waals surface area contributed by atoms with Crippen LogP contribution in [0.1, 0.15) is 30.5 Å². The molecule has 7 aromatic carbocycles. The van der Waals surface area contributed by atoms with E-state index in [4.69, 9.17) is 19.4 Å². The van der Waals surface area contributed by atoms with Crippen molar-refractivity contribution >= 4 is 43.7 Å². The van der Waals surface area contributed by atoms with Crippen LogP contribution in [0.25, 0.3) is 94.7 Å². The average Bonchev–Trinajstić information content (AvgIpc) is 3.87. The highest BCUT2D eigenvalue weighted by atomic mass is 16.3. The van der Waals surface area contributed by atoms with E-state index in [1.54, 1.807) is 0 Å². The first kappa shape index (κ1) is 31.2. The molecule has 55 heavy (non-hydrogen) atoms. The van der Waals surface area contributed by atoms with Crippen LogP contribution < -0.4 is 0 Å². The van der Waals surface area contributed by atoms with Gasteiger partial charge in [-0.25, -0.2) is 15.0 Å². The largest absolute Gasteiger partial charge is 0.454 e. The molecule has 0 unspecified atom stereocenters. The van der Waals surface area contributed by atoms with Gasteiger partial charge in [-0.15, -0.1) is 0 Å². The van der Waals surface area contributed by atoms with Crippen LogP contribution >= 0.6 is 0 Å². The van der Waals surface area contributed by atoms with Crippen LogP contribution in [0.2, 0.25) is 0 Å². The molecule has 6 heteroatoms. The Morgan fingerprint density at radius 1 is 0.564 bits per heavy atom. The summed E-state index contributed by atoms with van der Waals surface area (Å²) in [6.45, 7) is 4.62. The molecule has 0 radical (unpaired) electrons. The molecule has 3 heterocycles. The van der Waals surface area contributed by atoms with Crippen molar-refractivity contribution in [1.82, 2.24) is 19.5 Å². The lowest BCUT2D eigenvalue weighted by molar-refractivity contribution is 0.660. The van der Waals surface area contributed by atoms with Crippen molar-refractivity contribution in [3.8, 4) is 57.0 Å². The maximum atomic E-state index is 11.1. The van der Waals surface area contributed by atoms with Gasteiger partial charge in [-0.05, 0) is 46.5 Å². The number of furan rings is 1. The molecule has 1 aliphatic carbocycles. The maximum absolute atomic E-state index is 11.1. The summed E-state index contributed by atoms with van der Waals surface area (Å²) >= 11 is 0. The normalized spacial score (nSPS) is 13.0. The number of para-hydroxylation sites is 2. The van der Waals surface area contributed by atoms with E-state index in [9.17, 15) is 5.26 Å². The third-order valence-electron chi connectivity index (χ3n) is 11.3. The van der Waals surface area contributed by atoms with Gasteiger partial charge < -0.3 is 8.98 Å². The molecule has 10 aromatic rings. The van der Waals surface area contributed by atoms with Gasteiger partial charge in [-0.3, -0.25) is 0 Å². The second kappa shape index (κ2) is 11.6. The highest BCUT2D eigenvalue weighted by molar-refractivity contribution is 6.20. The van der Waals surface area contributed by atoms with Crippen molar-refractivity contribution in [1.29, 1.82) is 5.26 Å². The van der Waals surface area contributed by atoms with Crippen molar-refractivity contribution in [2.75, 3.05) is 0 Å². The fourth-order valence-corrected chi connectivity index (χ4v) is 8.80. The first-order valence-electron chi connectivity index (χ1n) is 18.4. The van der Waals surface area contributed by atoms with Gasteiger partial charge in [-0.2, -0.15) is 5.26 Å². The standard InChI is InChI=1S/C49H31N5O/c1-49(2)35-22-12-9-19-32(35)42-36(49)25-26-38-43(42)33-20-10-13-23-37(33)54(38)39-27-31(28-50)41(44-34-21-11-14-24-40(34)55-45(39)44)48-52-46(29-15-5-3-6-16-29)51-47(53-48)30-17-7-4-8-18-30/h3-27H,1-2H3. The van der Waals surface area contributed by atoms with E-state index in [-0.39, 0.29) is 5.41 Å². The average molecular weight is 706 g/mol. The molecule has 0 N–H and O–H groups in total. The number of nitriles is 1. The molecule has 0 bridgehead atoms. The summed E-state index contributed by atoms with van der Waals surface area (Å²) in [5.74, 6) is 1.46. The third kappa shape index (κ3) is 4.44. The van der Waals surface area contributed by atoms with Crippen LogP contribution in [0.15, 0.2) is 156 Å². The molecular formula is C49H31N5O. The zero-order valence-electron chi connectivity index (χ0n) is 30.1. The SMILES string of the molecule is CC1(C)c2ccccc2-c2c1ccc1c2c2ccccc2n1-c1cc(C#N)c(-c2nc(-c3ccccc3)nc(-c3ccccc3)n2)c2c1oc1ccccc12. The summed E-state index contributed by atoms with van der Waals surface area (Å²) in [7, 11) is 0. The number of hydrogen-bond donors (Lipinski definition) is 0. The Kier molecular flexibility index (Phi) is 6.56. The van der Waals surface area contributed by atoms with Gasteiger partial charge in [0, 0.05) is 43.7 Å². The quantitative estimate of drug-likeness (QED) is 0.182. The lowest BCUT2D eigenvalue weighted by Crippen LogP contribution is -2.14. The van der Waals surface area contributed by atoms with E-state index in [0.29, 0.717) is 39.8 Å². The van der Waals surface area contributed by atoms with Gasteiger partial charge in [-0.1, -0.05) is 141 Å². The van der Waals surface area contributed by atoms with Crippen LogP contribution in [0, 0.1) is 11.3 Å². The molecular weight excluding hydrogens is 675 g/mol. The van der Waals surface area contributed by atoms with Gasteiger partial charge >= 0.3 is 0 Å². The first-order chi connectivity index (χ1) is 27.0. The summed E-state index contributed by atoms with van der Waals surface area (Å²) in [5, 5.41) is 15.1. The summed E-state index contributed by atoms with van der Waals surface area (Å²) in [5.41, 5.74) is 12.0. The summed E-state index contributed by atoms with van der Waals surface area (Å²) in [6.07, 6.45) is 0. The molecule has 1 aliphatic rings. The topological polar surface area (TPSA) is 80.5 Å². The van der Waals surface area contributed by atoms with Crippen molar-refractivity contribution in [2.24, 2.45) is 0 Å². The van der Waals surface area contributed by atoms with E-state index < -0.39 is 0 Å². The van der Waals surface area contributed by atoms with Crippen molar-refractivity contribution in [3.63, 3.8) is 0 Å². The Morgan fingerprint density at radius 2 is 1.18 bits per heavy atom. The zero-order valence-corrected chi connectivity index (χ0v) is 30.1. The highest BCUT2D eigenvalue weighted by Crippen LogP contribution is 2.53. The molecule has 11 rings (SSSR count). The number of nitrogens with zero attached hydrogens (tertiary/aromatic N) is 5. The minimum Gasteiger partial charge on any atom is -0.454 e. The van der Waals surface area contributed by atoms with Crippen LogP contribution in [-0.4, -0.2) is 19.5 Å².